The first-order chi connectivity index (χ1) is 15.0. The summed E-state index contributed by atoms with van der Waals surface area (Å²) in [7, 11) is 4.51. The van der Waals surface area contributed by atoms with Gasteiger partial charge in [-0.05, 0) is 24.3 Å². The van der Waals surface area contributed by atoms with Crippen LogP contribution in [-0.2, 0) is 0 Å². The Hall–Kier alpha value is -3.06. The smallest absolute Gasteiger partial charge is 0.251 e. The van der Waals surface area contributed by atoms with Crippen LogP contribution < -0.4 is 10.5 Å². The second-order valence-electron chi connectivity index (χ2n) is 7.46. The Kier molecular flexibility index (Phi) is 8.88. The van der Waals surface area contributed by atoms with Gasteiger partial charge < -0.3 is 14.4 Å². The zero-order valence-corrected chi connectivity index (χ0v) is 19.6. The second-order valence-corrected chi connectivity index (χ2v) is 7.46. The van der Waals surface area contributed by atoms with Gasteiger partial charge in [0, 0.05) is 24.1 Å². The summed E-state index contributed by atoms with van der Waals surface area (Å²) in [5.41, 5.74) is 2.74. The Morgan fingerprint density at radius 3 is 2.19 bits per heavy atom. The average molecular weight is 424 g/mol. The van der Waals surface area contributed by atoms with E-state index in [-0.39, 0.29) is 5.56 Å². The molecule has 3 aromatic heterocycles. The summed E-state index contributed by atoms with van der Waals surface area (Å²) >= 11 is 0. The largest absolute Gasteiger partial charge is 0.360 e. The van der Waals surface area contributed by atoms with Crippen molar-refractivity contribution in [1.29, 1.82) is 0 Å². The van der Waals surface area contributed by atoms with Crippen LogP contribution in [0.2, 0.25) is 0 Å². The molecule has 0 amide bonds. The molecule has 0 atom stereocenters. The van der Waals surface area contributed by atoms with Gasteiger partial charge in [-0.3, -0.25) is 14.8 Å². The Morgan fingerprint density at radius 1 is 0.871 bits per heavy atom. The number of hydrogen-bond acceptors (Lipinski definition) is 5. The predicted octanol–water partition coefficient (Wildman–Crippen LogP) is 3.84. The van der Waals surface area contributed by atoms with Gasteiger partial charge in [-0.1, -0.05) is 33.8 Å². The SMILES string of the molecule is CC.CC.C[N+]1(C)CCN(c2ccnc(-c3nc(-c4ccccn4)cc(=O)[nH]3)c2)CC1. The standard InChI is InChI=1S/C20H22N6O.2C2H6/c1-26(2)11-9-25(10-12-26)15-6-8-22-18(13-15)20-23-17(14-19(27)24-20)16-5-3-4-7-21-16;2*1-2/h3-8,13-14H,9-12H2,1-2H3;2*1-2H3/p+1. The molecule has 4 rings (SSSR count). The van der Waals surface area contributed by atoms with Crippen molar-refractivity contribution < 1.29 is 4.48 Å². The van der Waals surface area contributed by atoms with Crippen molar-refractivity contribution in [3.63, 3.8) is 0 Å². The maximum atomic E-state index is 12.2. The molecule has 166 valence electrons. The summed E-state index contributed by atoms with van der Waals surface area (Å²) in [5.74, 6) is 0.457. The summed E-state index contributed by atoms with van der Waals surface area (Å²) in [4.78, 5) is 30.6. The molecule has 3 aromatic rings. The van der Waals surface area contributed by atoms with Gasteiger partial charge >= 0.3 is 0 Å². The van der Waals surface area contributed by atoms with E-state index in [9.17, 15) is 4.79 Å². The quantitative estimate of drug-likeness (QED) is 0.648. The van der Waals surface area contributed by atoms with Crippen LogP contribution in [0.15, 0.2) is 53.6 Å². The fraction of sp³-hybridized carbons (Fsp3) is 0.417. The highest BCUT2D eigenvalue weighted by molar-refractivity contribution is 5.62. The summed E-state index contributed by atoms with van der Waals surface area (Å²) in [6, 6.07) is 11.0. The first-order valence-corrected chi connectivity index (χ1v) is 11.1. The minimum atomic E-state index is -0.218. The molecule has 4 heterocycles. The zero-order valence-electron chi connectivity index (χ0n) is 19.6. The van der Waals surface area contributed by atoms with Crippen LogP contribution >= 0.6 is 0 Å². The van der Waals surface area contributed by atoms with Crippen LogP contribution in [0.3, 0.4) is 0 Å². The van der Waals surface area contributed by atoms with E-state index in [0.29, 0.717) is 22.9 Å². The number of hydrogen-bond donors (Lipinski definition) is 1. The summed E-state index contributed by atoms with van der Waals surface area (Å²) in [6.07, 6.45) is 3.46. The minimum absolute atomic E-state index is 0.218. The number of quaternary nitrogens is 1. The predicted molar refractivity (Wildman–Crippen MR) is 128 cm³/mol. The number of anilines is 1. The Morgan fingerprint density at radius 2 is 1.55 bits per heavy atom. The molecule has 0 spiro atoms. The second kappa shape index (κ2) is 11.4. The Bertz CT molecular complexity index is 990. The van der Waals surface area contributed by atoms with E-state index in [2.05, 4.69) is 38.9 Å². The van der Waals surface area contributed by atoms with Crippen molar-refractivity contribution >= 4 is 5.69 Å². The summed E-state index contributed by atoms with van der Waals surface area (Å²) in [5, 5.41) is 0. The van der Waals surface area contributed by atoms with Crippen molar-refractivity contribution in [3.8, 4) is 22.9 Å². The molecule has 0 saturated carbocycles. The van der Waals surface area contributed by atoms with Crippen LogP contribution in [0.1, 0.15) is 27.7 Å². The normalized spacial score (nSPS) is 14.6. The number of aromatic amines is 1. The molecule has 1 aliphatic rings. The monoisotopic (exact) mass is 423 g/mol. The van der Waals surface area contributed by atoms with Gasteiger partial charge in [0.25, 0.3) is 5.56 Å². The number of aromatic nitrogens is 4. The molecule has 0 aliphatic carbocycles. The van der Waals surface area contributed by atoms with Crippen molar-refractivity contribution in [2.45, 2.75) is 27.7 Å². The molecule has 1 aliphatic heterocycles. The van der Waals surface area contributed by atoms with E-state index in [1.165, 1.54) is 6.07 Å². The first kappa shape index (κ1) is 24.2. The van der Waals surface area contributed by atoms with Crippen molar-refractivity contribution in [3.05, 3.63) is 59.1 Å². The van der Waals surface area contributed by atoms with Gasteiger partial charge in [0.1, 0.15) is 5.69 Å². The fourth-order valence-corrected chi connectivity index (χ4v) is 3.23. The molecule has 0 bridgehead atoms. The number of nitrogens with one attached hydrogen (secondary N) is 1. The lowest BCUT2D eigenvalue weighted by Gasteiger charge is -2.40. The van der Waals surface area contributed by atoms with Crippen LogP contribution in [-0.4, -0.2) is 64.7 Å². The van der Waals surface area contributed by atoms with Crippen LogP contribution in [0.25, 0.3) is 22.9 Å². The lowest BCUT2D eigenvalue weighted by molar-refractivity contribution is -0.890. The molecule has 0 unspecified atom stereocenters. The van der Waals surface area contributed by atoms with Crippen LogP contribution in [0.4, 0.5) is 5.69 Å². The van der Waals surface area contributed by atoms with E-state index in [1.807, 2.05) is 58.0 Å². The number of nitrogens with zero attached hydrogens (tertiary/aromatic N) is 5. The molecule has 1 saturated heterocycles. The van der Waals surface area contributed by atoms with E-state index < -0.39 is 0 Å². The Balaban J connectivity index is 0.000000807. The molecule has 1 N–H and O–H groups in total. The Labute approximate surface area is 185 Å². The molecule has 7 nitrogen and oxygen atoms in total. The van der Waals surface area contributed by atoms with Gasteiger partial charge in [-0.25, -0.2) is 4.98 Å². The van der Waals surface area contributed by atoms with Gasteiger partial charge in [0.15, 0.2) is 5.82 Å². The third-order valence-corrected chi connectivity index (χ3v) is 4.97. The number of likely N-dealkylation sites (N-methyl/N-ethyl adjacent to an activating group) is 1. The molecule has 7 heteroatoms. The maximum Gasteiger partial charge on any atom is 0.251 e. The van der Waals surface area contributed by atoms with Crippen molar-refractivity contribution in [1.82, 2.24) is 19.9 Å². The van der Waals surface area contributed by atoms with Gasteiger partial charge in [0.05, 0.1) is 51.7 Å². The summed E-state index contributed by atoms with van der Waals surface area (Å²) in [6.45, 7) is 12.2. The molecular formula is C24H35N6O+. The lowest BCUT2D eigenvalue weighted by Crippen LogP contribution is -2.54. The van der Waals surface area contributed by atoms with E-state index >= 15 is 0 Å². The van der Waals surface area contributed by atoms with Gasteiger partial charge in [-0.2, -0.15) is 0 Å². The highest BCUT2D eigenvalue weighted by Gasteiger charge is 2.24. The van der Waals surface area contributed by atoms with Crippen LogP contribution in [0.5, 0.6) is 0 Å². The van der Waals surface area contributed by atoms with Gasteiger partial charge in [-0.15, -0.1) is 0 Å². The van der Waals surface area contributed by atoms with Gasteiger partial charge in [0.2, 0.25) is 0 Å². The van der Waals surface area contributed by atoms with E-state index in [0.717, 1.165) is 36.3 Å². The van der Waals surface area contributed by atoms with Crippen LogP contribution in [0, 0.1) is 0 Å². The molecule has 31 heavy (non-hydrogen) atoms. The minimum Gasteiger partial charge on any atom is -0.360 e. The third-order valence-electron chi connectivity index (χ3n) is 4.97. The van der Waals surface area contributed by atoms with Crippen molar-refractivity contribution in [2.24, 2.45) is 0 Å². The summed E-state index contributed by atoms with van der Waals surface area (Å²) < 4.78 is 1.04. The molecule has 1 fully saturated rings. The zero-order chi connectivity index (χ0) is 22.9. The topological polar surface area (TPSA) is 74.8 Å². The molecule has 0 radical (unpaired) electrons. The number of rotatable bonds is 3. The maximum absolute atomic E-state index is 12.2. The van der Waals surface area contributed by atoms with Crippen molar-refractivity contribution in [2.75, 3.05) is 45.2 Å². The lowest BCUT2D eigenvalue weighted by atomic mass is 10.2. The first-order valence-electron chi connectivity index (χ1n) is 11.1. The highest BCUT2D eigenvalue weighted by atomic mass is 16.1. The third kappa shape index (κ3) is 6.46. The van der Waals surface area contributed by atoms with E-state index in [4.69, 9.17) is 0 Å². The fourth-order valence-electron chi connectivity index (χ4n) is 3.23. The molecular weight excluding hydrogens is 388 g/mol. The number of piperazine rings is 1. The number of pyridine rings is 2. The number of H-pyrrole nitrogens is 1. The molecule has 0 aromatic carbocycles. The highest BCUT2D eigenvalue weighted by Crippen LogP contribution is 2.23. The van der Waals surface area contributed by atoms with E-state index in [1.54, 1.807) is 12.4 Å². The average Bonchev–Trinajstić information content (AvgIpc) is 2.82.